The Kier molecular flexibility index (Phi) is 5.15. The summed E-state index contributed by atoms with van der Waals surface area (Å²) < 4.78 is 10.2. The molecule has 5 nitrogen and oxygen atoms in total. The van der Waals surface area contributed by atoms with Crippen LogP contribution in [0.15, 0.2) is 48.5 Å². The molecule has 0 aromatic heterocycles. The Morgan fingerprint density at radius 2 is 1.78 bits per heavy atom. The van der Waals surface area contributed by atoms with Crippen molar-refractivity contribution in [3.05, 3.63) is 59.7 Å². The fraction of sp³-hybridized carbons (Fsp3) is 0.111. The molecule has 0 radical (unpaired) electrons. The van der Waals surface area contributed by atoms with E-state index in [4.69, 9.17) is 9.47 Å². The molecule has 0 bridgehead atoms. The van der Waals surface area contributed by atoms with E-state index in [0.717, 1.165) is 0 Å². The number of ether oxygens (including phenoxy) is 2. The second-order valence-electron chi connectivity index (χ2n) is 4.73. The summed E-state index contributed by atoms with van der Waals surface area (Å²) in [7, 11) is 1.50. The molecule has 0 aliphatic carbocycles. The number of benzene rings is 2. The number of aliphatic carboxylic acids is 1. The molecule has 2 aromatic carbocycles. The average molecular weight is 312 g/mol. The van der Waals surface area contributed by atoms with Crippen molar-refractivity contribution in [3.63, 3.8) is 0 Å². The monoisotopic (exact) mass is 312 g/mol. The Morgan fingerprint density at radius 1 is 1.09 bits per heavy atom. The van der Waals surface area contributed by atoms with Gasteiger partial charge in [0.05, 0.1) is 12.7 Å². The van der Waals surface area contributed by atoms with E-state index in [2.05, 4.69) is 0 Å². The second kappa shape index (κ2) is 7.26. The lowest BCUT2D eigenvalue weighted by Gasteiger charge is -2.09. The summed E-state index contributed by atoms with van der Waals surface area (Å²) in [5.74, 6) is -0.813. The summed E-state index contributed by atoms with van der Waals surface area (Å²) in [5.41, 5.74) is 1.14. The van der Waals surface area contributed by atoms with Crippen molar-refractivity contribution in [2.75, 3.05) is 7.11 Å². The number of carbonyl (C=O) groups excluding carboxylic acids is 1. The zero-order valence-electron chi connectivity index (χ0n) is 12.8. The Morgan fingerprint density at radius 3 is 2.35 bits per heavy atom. The molecule has 0 fully saturated rings. The van der Waals surface area contributed by atoms with E-state index in [0.29, 0.717) is 16.9 Å². The van der Waals surface area contributed by atoms with E-state index in [1.54, 1.807) is 42.5 Å². The standard InChI is InChI=1S/C18H16O5/c1-12(19)23-17-11-15(22-2)9-8-14(17)10-16(18(20)21)13-6-4-3-5-7-13/h3-11H,1-2H3,(H,20,21)/b16-10-. The lowest BCUT2D eigenvalue weighted by Crippen LogP contribution is -2.04. The summed E-state index contributed by atoms with van der Waals surface area (Å²) in [6.45, 7) is 1.28. The third kappa shape index (κ3) is 4.20. The number of methoxy groups -OCH3 is 1. The number of carboxylic acids is 1. The van der Waals surface area contributed by atoms with Crippen LogP contribution in [-0.4, -0.2) is 24.2 Å². The van der Waals surface area contributed by atoms with Crippen molar-refractivity contribution in [1.29, 1.82) is 0 Å². The van der Waals surface area contributed by atoms with Gasteiger partial charge in [0.25, 0.3) is 0 Å². The minimum atomic E-state index is -1.07. The summed E-state index contributed by atoms with van der Waals surface area (Å²) in [6, 6.07) is 13.6. The van der Waals surface area contributed by atoms with Crippen molar-refractivity contribution in [1.82, 2.24) is 0 Å². The van der Waals surface area contributed by atoms with Gasteiger partial charge < -0.3 is 14.6 Å². The van der Waals surface area contributed by atoms with Gasteiger partial charge in [-0.2, -0.15) is 0 Å². The topological polar surface area (TPSA) is 72.8 Å². The lowest BCUT2D eigenvalue weighted by atomic mass is 10.0. The Hall–Kier alpha value is -3.08. The van der Waals surface area contributed by atoms with Gasteiger partial charge in [-0.3, -0.25) is 4.79 Å². The van der Waals surface area contributed by atoms with Crippen molar-refractivity contribution in [2.24, 2.45) is 0 Å². The van der Waals surface area contributed by atoms with Gasteiger partial charge in [-0.1, -0.05) is 30.3 Å². The summed E-state index contributed by atoms with van der Waals surface area (Å²) in [4.78, 5) is 22.8. The van der Waals surface area contributed by atoms with Crippen LogP contribution in [0.25, 0.3) is 11.6 Å². The first-order chi connectivity index (χ1) is 11.0. The minimum absolute atomic E-state index is 0.101. The molecule has 0 saturated heterocycles. The first kappa shape index (κ1) is 16.3. The maximum absolute atomic E-state index is 11.6. The molecule has 0 unspecified atom stereocenters. The molecule has 2 rings (SSSR count). The molecule has 5 heteroatoms. The second-order valence-corrected chi connectivity index (χ2v) is 4.73. The Labute approximate surface area is 133 Å². The molecule has 0 heterocycles. The molecule has 118 valence electrons. The van der Waals surface area contributed by atoms with Crippen LogP contribution in [0, 0.1) is 0 Å². The molecule has 0 amide bonds. The highest BCUT2D eigenvalue weighted by atomic mass is 16.5. The van der Waals surface area contributed by atoms with Crippen LogP contribution >= 0.6 is 0 Å². The predicted molar refractivity (Wildman–Crippen MR) is 86.3 cm³/mol. The molecule has 1 N–H and O–H groups in total. The third-order valence-corrected chi connectivity index (χ3v) is 3.09. The normalized spacial score (nSPS) is 11.0. The number of hydrogen-bond acceptors (Lipinski definition) is 4. The summed E-state index contributed by atoms with van der Waals surface area (Å²) >= 11 is 0. The van der Waals surface area contributed by atoms with Gasteiger partial charge in [0.1, 0.15) is 11.5 Å². The molecule has 23 heavy (non-hydrogen) atoms. The number of esters is 1. The lowest BCUT2D eigenvalue weighted by molar-refractivity contribution is -0.132. The molecule has 0 aliphatic rings. The van der Waals surface area contributed by atoms with Gasteiger partial charge in [0.2, 0.25) is 0 Å². The summed E-state index contributed by atoms with van der Waals surface area (Å²) in [5, 5.41) is 9.46. The van der Waals surface area contributed by atoms with Crippen molar-refractivity contribution >= 4 is 23.6 Å². The zero-order chi connectivity index (χ0) is 16.8. The van der Waals surface area contributed by atoms with Crippen LogP contribution < -0.4 is 9.47 Å². The number of rotatable bonds is 5. The SMILES string of the molecule is COc1ccc(/C=C(\C(=O)O)c2ccccc2)c(OC(C)=O)c1. The van der Waals surface area contributed by atoms with Crippen LogP contribution in [0.1, 0.15) is 18.1 Å². The van der Waals surface area contributed by atoms with Crippen molar-refractivity contribution in [2.45, 2.75) is 6.92 Å². The van der Waals surface area contributed by atoms with Gasteiger partial charge in [0, 0.05) is 18.6 Å². The molecule has 0 aliphatic heterocycles. The van der Waals surface area contributed by atoms with Crippen LogP contribution in [0.2, 0.25) is 0 Å². The van der Waals surface area contributed by atoms with Gasteiger partial charge in [-0.15, -0.1) is 0 Å². The molecule has 0 saturated carbocycles. The van der Waals surface area contributed by atoms with Crippen molar-refractivity contribution < 1.29 is 24.2 Å². The first-order valence-corrected chi connectivity index (χ1v) is 6.88. The minimum Gasteiger partial charge on any atom is -0.497 e. The Bertz CT molecular complexity index is 747. The van der Waals surface area contributed by atoms with Gasteiger partial charge >= 0.3 is 11.9 Å². The molecule has 2 aromatic rings. The smallest absolute Gasteiger partial charge is 0.336 e. The molecule has 0 spiro atoms. The van der Waals surface area contributed by atoms with Crippen LogP contribution in [0.3, 0.4) is 0 Å². The third-order valence-electron chi connectivity index (χ3n) is 3.09. The number of hydrogen-bond donors (Lipinski definition) is 1. The van der Waals surface area contributed by atoms with E-state index in [1.165, 1.54) is 26.2 Å². The van der Waals surface area contributed by atoms with E-state index in [9.17, 15) is 14.7 Å². The number of carboxylic acid groups (broad SMARTS) is 1. The van der Waals surface area contributed by atoms with Gasteiger partial charge in [0.15, 0.2) is 0 Å². The van der Waals surface area contributed by atoms with E-state index in [1.807, 2.05) is 0 Å². The van der Waals surface area contributed by atoms with E-state index in [-0.39, 0.29) is 11.3 Å². The highest BCUT2D eigenvalue weighted by molar-refractivity contribution is 6.20. The maximum Gasteiger partial charge on any atom is 0.336 e. The van der Waals surface area contributed by atoms with Gasteiger partial charge in [-0.05, 0) is 23.8 Å². The van der Waals surface area contributed by atoms with E-state index >= 15 is 0 Å². The molecular weight excluding hydrogens is 296 g/mol. The van der Waals surface area contributed by atoms with E-state index < -0.39 is 11.9 Å². The quantitative estimate of drug-likeness (QED) is 0.397. The van der Waals surface area contributed by atoms with Crippen LogP contribution in [0.5, 0.6) is 11.5 Å². The average Bonchev–Trinajstić information content (AvgIpc) is 2.53. The fourth-order valence-corrected chi connectivity index (χ4v) is 2.05. The maximum atomic E-state index is 11.6. The first-order valence-electron chi connectivity index (χ1n) is 6.88. The largest absolute Gasteiger partial charge is 0.497 e. The fourth-order valence-electron chi connectivity index (χ4n) is 2.05. The molecule has 0 atom stereocenters. The Balaban J connectivity index is 2.54. The molecular formula is C18H16O5. The zero-order valence-corrected chi connectivity index (χ0v) is 12.8. The van der Waals surface area contributed by atoms with Crippen LogP contribution in [-0.2, 0) is 9.59 Å². The number of carbonyl (C=O) groups is 2. The summed E-state index contributed by atoms with van der Waals surface area (Å²) in [6.07, 6.45) is 1.47. The highest BCUT2D eigenvalue weighted by Gasteiger charge is 2.13. The highest BCUT2D eigenvalue weighted by Crippen LogP contribution is 2.29. The predicted octanol–water partition coefficient (Wildman–Crippen LogP) is 3.25. The van der Waals surface area contributed by atoms with Gasteiger partial charge in [-0.25, -0.2) is 4.79 Å². The van der Waals surface area contributed by atoms with Crippen LogP contribution in [0.4, 0.5) is 0 Å². The van der Waals surface area contributed by atoms with Crippen molar-refractivity contribution in [3.8, 4) is 11.5 Å².